The molecule has 0 spiro atoms. The van der Waals surface area contributed by atoms with E-state index in [4.69, 9.17) is 9.82 Å². The van der Waals surface area contributed by atoms with Gasteiger partial charge < -0.3 is 20.6 Å². The van der Waals surface area contributed by atoms with Crippen molar-refractivity contribution in [3.63, 3.8) is 0 Å². The van der Waals surface area contributed by atoms with E-state index >= 15 is 0 Å². The number of amides is 2. The predicted octanol–water partition coefficient (Wildman–Crippen LogP) is 6.43. The molecule has 3 N–H and O–H groups in total. The third kappa shape index (κ3) is 6.97. The number of β-lactam (4-membered cyclic amide) rings is 1. The molecule has 0 saturated carbocycles. The summed E-state index contributed by atoms with van der Waals surface area (Å²) in [5.74, 6) is -1.68. The van der Waals surface area contributed by atoms with E-state index in [2.05, 4.69) is 62.2 Å². The minimum absolute atomic E-state index is 0.0609. The first-order valence-electron chi connectivity index (χ1n) is 16.9. The van der Waals surface area contributed by atoms with Crippen LogP contribution in [0, 0.1) is 0 Å². The van der Waals surface area contributed by atoms with Crippen LogP contribution in [0.5, 0.6) is 0 Å². The third-order valence-corrected chi connectivity index (χ3v) is 13.5. The number of benzene rings is 3. The average molecular weight is 806 g/mol. The standard InChI is InChI=1S/C39H31N7O5S4/c1-51-45-30(28-22-53-37(41-28)44-39(24-11-5-2-6-12-24,25-13-7-3-8-14-25)26-15-9-4-10-16-26)33(47)43-31-34(48)46-32(36(49)50)23(20-52-35(31)46)21-54-38-42-27-19-40-18-17-29(27)55-38/h2-19,22,31,35H,20-21H2,1H3,(H,41,44)(H,43,47)(H,49,50)/t31?,35-/m0/s1. The fourth-order valence-electron chi connectivity index (χ4n) is 6.65. The highest BCUT2D eigenvalue weighted by molar-refractivity contribution is 8.02. The van der Waals surface area contributed by atoms with Crippen LogP contribution in [0.2, 0.25) is 0 Å². The molecule has 276 valence electrons. The lowest BCUT2D eigenvalue weighted by Crippen LogP contribution is -2.71. The molecule has 6 aromatic rings. The summed E-state index contributed by atoms with van der Waals surface area (Å²) in [6.07, 6.45) is 3.39. The van der Waals surface area contributed by atoms with E-state index in [1.54, 1.807) is 17.8 Å². The van der Waals surface area contributed by atoms with E-state index in [-0.39, 0.29) is 17.1 Å². The zero-order valence-electron chi connectivity index (χ0n) is 29.0. The number of carboxylic acid groups (broad SMARTS) is 1. The van der Waals surface area contributed by atoms with E-state index in [1.807, 2.05) is 60.7 Å². The van der Waals surface area contributed by atoms with Gasteiger partial charge in [0.2, 0.25) is 0 Å². The number of thiazole rings is 2. The van der Waals surface area contributed by atoms with Crippen molar-refractivity contribution in [3.05, 3.63) is 148 Å². The normalized spacial score (nSPS) is 17.1. The lowest BCUT2D eigenvalue weighted by molar-refractivity contribution is -0.150. The number of rotatable bonds is 13. The minimum Gasteiger partial charge on any atom is -0.477 e. The summed E-state index contributed by atoms with van der Waals surface area (Å²) in [6.45, 7) is 0. The van der Waals surface area contributed by atoms with Crippen molar-refractivity contribution in [1.29, 1.82) is 0 Å². The number of hydrogen-bond donors (Lipinski definition) is 3. The smallest absolute Gasteiger partial charge is 0.352 e. The molecule has 1 unspecified atom stereocenters. The van der Waals surface area contributed by atoms with Crippen LogP contribution in [0.4, 0.5) is 5.13 Å². The molecule has 5 heterocycles. The van der Waals surface area contributed by atoms with E-state index in [0.717, 1.165) is 31.2 Å². The molecule has 0 radical (unpaired) electrons. The van der Waals surface area contributed by atoms with Gasteiger partial charge in [-0.1, -0.05) is 108 Å². The molecule has 0 aliphatic carbocycles. The van der Waals surface area contributed by atoms with Crippen molar-refractivity contribution in [3.8, 4) is 0 Å². The van der Waals surface area contributed by atoms with Gasteiger partial charge in [0.15, 0.2) is 15.2 Å². The van der Waals surface area contributed by atoms with E-state index < -0.39 is 34.7 Å². The molecule has 2 aliphatic heterocycles. The van der Waals surface area contributed by atoms with Crippen LogP contribution in [-0.4, -0.2) is 78.5 Å². The summed E-state index contributed by atoms with van der Waals surface area (Å²) < 4.78 is 1.77. The first-order chi connectivity index (χ1) is 26.9. The van der Waals surface area contributed by atoms with E-state index in [0.29, 0.717) is 22.2 Å². The monoisotopic (exact) mass is 805 g/mol. The molecule has 1 fully saturated rings. The van der Waals surface area contributed by atoms with E-state index in [9.17, 15) is 19.5 Å². The SMILES string of the molecule is CON=C(C(=O)NC1C(=O)N2C(C(=O)O)=C(CSc3nc4cnccc4s3)CS[C@@H]12)c1csc(NC(c2ccccc2)(c2ccccc2)c2ccccc2)n1. The number of aromatic nitrogens is 3. The molecule has 2 atom stereocenters. The molecular formula is C39H31N7O5S4. The highest BCUT2D eigenvalue weighted by Gasteiger charge is 2.54. The summed E-state index contributed by atoms with van der Waals surface area (Å²) >= 11 is 5.61. The van der Waals surface area contributed by atoms with Gasteiger partial charge in [-0.2, -0.15) is 0 Å². The number of carbonyl (C=O) groups is 3. The molecule has 3 aromatic heterocycles. The van der Waals surface area contributed by atoms with Crippen LogP contribution in [-0.2, 0) is 24.8 Å². The molecule has 2 aliphatic rings. The summed E-state index contributed by atoms with van der Waals surface area (Å²) in [5.41, 5.74) is 3.54. The quantitative estimate of drug-likeness (QED) is 0.0388. The average Bonchev–Trinajstić information content (AvgIpc) is 3.87. The molecule has 2 amide bonds. The number of oxime groups is 1. The minimum atomic E-state index is -1.20. The molecule has 16 heteroatoms. The Morgan fingerprint density at radius 2 is 1.64 bits per heavy atom. The van der Waals surface area contributed by atoms with Gasteiger partial charge in [-0.15, -0.1) is 34.4 Å². The van der Waals surface area contributed by atoms with Gasteiger partial charge in [0.25, 0.3) is 11.8 Å². The van der Waals surface area contributed by atoms with Crippen molar-refractivity contribution in [2.24, 2.45) is 5.16 Å². The third-order valence-electron chi connectivity index (χ3n) is 9.14. The van der Waals surface area contributed by atoms with Gasteiger partial charge in [0.1, 0.15) is 41.0 Å². The zero-order chi connectivity index (χ0) is 37.9. The molecule has 8 rings (SSSR count). The number of carboxylic acids is 1. The Kier molecular flexibility index (Phi) is 10.4. The number of anilines is 1. The van der Waals surface area contributed by atoms with Crippen LogP contribution in [0.3, 0.4) is 0 Å². The number of aliphatic carboxylic acids is 1. The van der Waals surface area contributed by atoms with Crippen molar-refractivity contribution in [2.75, 3.05) is 23.9 Å². The number of hydrogen-bond acceptors (Lipinski definition) is 13. The Morgan fingerprint density at radius 1 is 0.982 bits per heavy atom. The Balaban J connectivity index is 1.02. The van der Waals surface area contributed by atoms with Crippen molar-refractivity contribution in [2.45, 2.75) is 21.3 Å². The van der Waals surface area contributed by atoms with Gasteiger partial charge in [-0.25, -0.2) is 14.8 Å². The second kappa shape index (κ2) is 15.7. The first-order valence-corrected chi connectivity index (χ1v) is 20.7. The Morgan fingerprint density at radius 3 is 2.24 bits per heavy atom. The lowest BCUT2D eigenvalue weighted by atomic mass is 9.77. The van der Waals surface area contributed by atoms with Crippen molar-refractivity contribution in [1.82, 2.24) is 25.2 Å². The second-order valence-corrected chi connectivity index (χ2v) is 16.6. The first kappa shape index (κ1) is 36.4. The molecule has 55 heavy (non-hydrogen) atoms. The second-order valence-electron chi connectivity index (χ2n) is 12.4. The molecule has 0 bridgehead atoms. The van der Waals surface area contributed by atoms with Crippen molar-refractivity contribution < 1.29 is 24.3 Å². The largest absolute Gasteiger partial charge is 0.477 e. The lowest BCUT2D eigenvalue weighted by Gasteiger charge is -2.49. The van der Waals surface area contributed by atoms with Crippen LogP contribution in [0.25, 0.3) is 10.2 Å². The van der Waals surface area contributed by atoms with E-state index in [1.165, 1.54) is 58.2 Å². The molecule has 12 nitrogen and oxygen atoms in total. The van der Waals surface area contributed by atoms with Gasteiger partial charge in [-0.3, -0.25) is 19.5 Å². The fraction of sp³-hybridized carbons (Fsp3) is 0.154. The van der Waals surface area contributed by atoms with Gasteiger partial charge >= 0.3 is 5.97 Å². The number of thioether (sulfide) groups is 2. The van der Waals surface area contributed by atoms with Gasteiger partial charge in [0, 0.05) is 23.1 Å². The van der Waals surface area contributed by atoms with Crippen LogP contribution >= 0.6 is 46.2 Å². The highest BCUT2D eigenvalue weighted by atomic mass is 32.2. The summed E-state index contributed by atoms with van der Waals surface area (Å²) in [6, 6.07) is 31.1. The van der Waals surface area contributed by atoms with Gasteiger partial charge in [-0.05, 0) is 28.3 Å². The number of pyridine rings is 1. The Bertz CT molecular complexity index is 2310. The Hall–Kier alpha value is -5.55. The molecule has 1 saturated heterocycles. The topological polar surface area (TPSA) is 159 Å². The summed E-state index contributed by atoms with van der Waals surface area (Å²) in [7, 11) is 1.33. The number of nitrogens with one attached hydrogen (secondary N) is 2. The highest BCUT2D eigenvalue weighted by Crippen LogP contribution is 2.43. The number of fused-ring (bicyclic) bond motifs is 2. The maximum absolute atomic E-state index is 13.8. The van der Waals surface area contributed by atoms with Crippen LogP contribution in [0.1, 0.15) is 22.4 Å². The Labute approximate surface area is 331 Å². The number of carbonyl (C=O) groups excluding carboxylic acids is 2. The summed E-state index contributed by atoms with van der Waals surface area (Å²) in [5, 5.41) is 22.3. The van der Waals surface area contributed by atoms with Crippen molar-refractivity contribution >= 4 is 85.0 Å². The fourth-order valence-corrected chi connectivity index (χ4v) is 10.9. The summed E-state index contributed by atoms with van der Waals surface area (Å²) in [4.78, 5) is 59.7. The molecule has 3 aromatic carbocycles. The maximum Gasteiger partial charge on any atom is 0.352 e. The van der Waals surface area contributed by atoms with Crippen LogP contribution in [0.15, 0.2) is 136 Å². The maximum atomic E-state index is 13.8. The zero-order valence-corrected chi connectivity index (χ0v) is 32.3. The molecular weight excluding hydrogens is 775 g/mol. The predicted molar refractivity (Wildman–Crippen MR) is 216 cm³/mol. The number of nitrogens with zero attached hydrogens (tertiary/aromatic N) is 5. The van der Waals surface area contributed by atoms with Crippen LogP contribution < -0.4 is 10.6 Å². The van der Waals surface area contributed by atoms with Gasteiger partial charge in [0.05, 0.1) is 10.9 Å².